The average molecular weight is 522 g/mol. The van der Waals surface area contributed by atoms with Gasteiger partial charge in [-0.15, -0.1) is 0 Å². The number of nitrogens with one attached hydrogen (secondary N) is 2. The van der Waals surface area contributed by atoms with E-state index < -0.39 is 0 Å². The van der Waals surface area contributed by atoms with Gasteiger partial charge in [-0.1, -0.05) is 24.3 Å². The van der Waals surface area contributed by atoms with E-state index in [2.05, 4.69) is 63.5 Å². The first kappa shape index (κ1) is 24.3. The Morgan fingerprint density at radius 3 is 2.72 bits per heavy atom. The van der Waals surface area contributed by atoms with Crippen molar-refractivity contribution in [1.82, 2.24) is 25.4 Å². The summed E-state index contributed by atoms with van der Waals surface area (Å²) in [7, 11) is 0. The number of aromatic amines is 1. The molecule has 7 heteroatoms. The first-order chi connectivity index (χ1) is 19.0. The summed E-state index contributed by atoms with van der Waals surface area (Å²) in [5, 5.41) is 11.4. The van der Waals surface area contributed by atoms with Crippen molar-refractivity contribution in [3.8, 4) is 28.1 Å². The summed E-state index contributed by atoms with van der Waals surface area (Å²) < 4.78 is 5.84. The predicted octanol–water partition coefficient (Wildman–Crippen LogP) is 5.54. The highest BCUT2D eigenvalue weighted by Gasteiger charge is 2.38. The zero-order chi connectivity index (χ0) is 26.6. The molecule has 1 fully saturated rings. The van der Waals surface area contributed by atoms with E-state index >= 15 is 0 Å². The molecule has 0 radical (unpaired) electrons. The Balaban J connectivity index is 1.20. The number of hydrogen-bond acceptors (Lipinski definition) is 5. The summed E-state index contributed by atoms with van der Waals surface area (Å²) in [6.07, 6.45) is 9.25. The van der Waals surface area contributed by atoms with Gasteiger partial charge in [-0.2, -0.15) is 5.10 Å². The van der Waals surface area contributed by atoms with Crippen molar-refractivity contribution in [3.63, 3.8) is 0 Å². The lowest BCUT2D eigenvalue weighted by atomic mass is 9.89. The standard InChI is InChI=1S/C32H35N5O2/c1-20-4-3-14-37(20)32(2)11-9-21-5-6-22(16-23(21)10-12-32)25-17-27-29(35-36-30(27)34-19-25)24-7-8-26-28(18-24)39-15-13-33-31(26)38/h5-8,16-20H,3-4,9-15H2,1-2H3,(H,33,38)(H,34,35,36)/t20-,32?/m0/s1. The molecule has 4 aromatic rings. The monoisotopic (exact) mass is 521 g/mol. The van der Waals surface area contributed by atoms with Crippen molar-refractivity contribution >= 4 is 16.9 Å². The van der Waals surface area contributed by atoms with Crippen molar-refractivity contribution in [2.45, 2.75) is 64.0 Å². The quantitative estimate of drug-likeness (QED) is 0.346. The lowest BCUT2D eigenvalue weighted by molar-refractivity contribution is 0.0821. The highest BCUT2D eigenvalue weighted by molar-refractivity contribution is 5.99. The molecular weight excluding hydrogens is 486 g/mol. The molecule has 7 nitrogen and oxygen atoms in total. The minimum atomic E-state index is -0.106. The molecule has 1 aliphatic carbocycles. The molecular formula is C32H35N5O2. The first-order valence-corrected chi connectivity index (χ1v) is 14.3. The smallest absolute Gasteiger partial charge is 0.255 e. The molecule has 7 rings (SSSR count). The van der Waals surface area contributed by atoms with Crippen molar-refractivity contribution in [2.24, 2.45) is 0 Å². The average Bonchev–Trinajstić information content (AvgIpc) is 3.49. The normalized spacial score (nSPS) is 23.4. The number of aryl methyl sites for hydroxylation is 2. The lowest BCUT2D eigenvalue weighted by Gasteiger charge is -2.41. The topological polar surface area (TPSA) is 83.1 Å². The van der Waals surface area contributed by atoms with Gasteiger partial charge >= 0.3 is 0 Å². The second-order valence-electron chi connectivity index (χ2n) is 11.7. The second kappa shape index (κ2) is 9.49. The molecule has 1 amide bonds. The number of carbonyl (C=O) groups excluding carboxylic acids is 1. The van der Waals surface area contributed by atoms with Crippen molar-refractivity contribution < 1.29 is 9.53 Å². The molecule has 1 unspecified atom stereocenters. The van der Waals surface area contributed by atoms with Gasteiger partial charge in [-0.3, -0.25) is 14.8 Å². The van der Waals surface area contributed by atoms with Gasteiger partial charge in [0.25, 0.3) is 5.91 Å². The molecule has 1 saturated heterocycles. The number of carbonyl (C=O) groups is 1. The molecule has 4 heterocycles. The van der Waals surface area contributed by atoms with Crippen LogP contribution in [0.1, 0.15) is 61.0 Å². The molecule has 2 atom stereocenters. The van der Waals surface area contributed by atoms with E-state index in [0.717, 1.165) is 35.0 Å². The number of nitrogens with zero attached hydrogens (tertiary/aromatic N) is 3. The third kappa shape index (κ3) is 4.29. The van der Waals surface area contributed by atoms with Crippen molar-refractivity contribution in [1.29, 1.82) is 0 Å². The number of amides is 1. The lowest BCUT2D eigenvalue weighted by Crippen LogP contribution is -2.48. The highest BCUT2D eigenvalue weighted by atomic mass is 16.5. The zero-order valence-electron chi connectivity index (χ0n) is 22.7. The van der Waals surface area contributed by atoms with E-state index in [4.69, 9.17) is 4.74 Å². The van der Waals surface area contributed by atoms with Crippen LogP contribution in [0.2, 0.25) is 0 Å². The molecule has 0 spiro atoms. The molecule has 2 aliphatic heterocycles. The van der Waals surface area contributed by atoms with Crippen LogP contribution in [0.4, 0.5) is 0 Å². The Bertz CT molecular complexity index is 1580. The molecule has 2 N–H and O–H groups in total. The number of ether oxygens (including phenoxy) is 1. The van der Waals surface area contributed by atoms with E-state index in [-0.39, 0.29) is 11.4 Å². The van der Waals surface area contributed by atoms with Gasteiger partial charge in [0.1, 0.15) is 12.4 Å². The number of aromatic nitrogens is 3. The number of hydrogen-bond donors (Lipinski definition) is 2. The van der Waals surface area contributed by atoms with Gasteiger partial charge in [-0.05, 0) is 93.8 Å². The maximum Gasteiger partial charge on any atom is 0.255 e. The molecule has 3 aliphatic rings. The predicted molar refractivity (Wildman–Crippen MR) is 153 cm³/mol. The minimum Gasteiger partial charge on any atom is -0.491 e. The Morgan fingerprint density at radius 1 is 1.03 bits per heavy atom. The van der Waals surface area contributed by atoms with Crippen LogP contribution in [0.3, 0.4) is 0 Å². The summed E-state index contributed by atoms with van der Waals surface area (Å²) in [5.74, 6) is 0.487. The maximum absolute atomic E-state index is 12.3. The fourth-order valence-corrected chi connectivity index (χ4v) is 6.92. The number of fused-ring (bicyclic) bond motifs is 3. The molecule has 39 heavy (non-hydrogen) atoms. The molecule has 200 valence electrons. The van der Waals surface area contributed by atoms with Gasteiger partial charge in [0.05, 0.1) is 17.8 Å². The molecule has 2 aromatic carbocycles. The second-order valence-corrected chi connectivity index (χ2v) is 11.7. The SMILES string of the molecule is C[C@H]1CCCN1C1(C)CCc2ccc(-c3cnc4n[nH]c(-c5ccc6c(c5)OCCNC6=O)c4c3)cc2CC1. The van der Waals surface area contributed by atoms with Crippen LogP contribution in [0.25, 0.3) is 33.4 Å². The third-order valence-electron chi connectivity index (χ3n) is 9.22. The summed E-state index contributed by atoms with van der Waals surface area (Å²) >= 11 is 0. The Hall–Kier alpha value is -3.71. The Morgan fingerprint density at radius 2 is 1.87 bits per heavy atom. The van der Waals surface area contributed by atoms with E-state index in [0.29, 0.717) is 36.2 Å². The van der Waals surface area contributed by atoms with E-state index in [9.17, 15) is 4.79 Å². The third-order valence-corrected chi connectivity index (χ3v) is 9.22. The van der Waals surface area contributed by atoms with Gasteiger partial charge in [0.2, 0.25) is 0 Å². The number of likely N-dealkylation sites (tertiary alicyclic amines) is 1. The number of H-pyrrole nitrogens is 1. The van der Waals surface area contributed by atoms with Crippen LogP contribution < -0.4 is 10.1 Å². The molecule has 2 aromatic heterocycles. The minimum absolute atomic E-state index is 0.106. The number of pyridine rings is 1. The Labute approximate surface area is 229 Å². The number of benzene rings is 2. The maximum atomic E-state index is 12.3. The van der Waals surface area contributed by atoms with Crippen LogP contribution in [-0.2, 0) is 12.8 Å². The number of rotatable bonds is 3. The zero-order valence-corrected chi connectivity index (χ0v) is 22.7. The Kier molecular flexibility index (Phi) is 5.92. The van der Waals surface area contributed by atoms with Gasteiger partial charge < -0.3 is 10.1 Å². The van der Waals surface area contributed by atoms with E-state index in [1.807, 2.05) is 24.4 Å². The van der Waals surface area contributed by atoms with Crippen molar-refractivity contribution in [3.05, 3.63) is 65.4 Å². The molecule has 0 bridgehead atoms. The van der Waals surface area contributed by atoms with Crippen molar-refractivity contribution in [2.75, 3.05) is 19.7 Å². The fourth-order valence-electron chi connectivity index (χ4n) is 6.92. The fraction of sp³-hybridized carbons (Fsp3) is 0.406. The summed E-state index contributed by atoms with van der Waals surface area (Å²) in [6, 6.07) is 15.5. The summed E-state index contributed by atoms with van der Waals surface area (Å²) in [4.78, 5) is 19.8. The van der Waals surface area contributed by atoms with Crippen LogP contribution in [-0.4, -0.2) is 57.3 Å². The van der Waals surface area contributed by atoms with Gasteiger partial charge in [-0.25, -0.2) is 4.98 Å². The van der Waals surface area contributed by atoms with Crippen LogP contribution in [0, 0.1) is 0 Å². The van der Waals surface area contributed by atoms with Crippen LogP contribution >= 0.6 is 0 Å². The first-order valence-electron chi connectivity index (χ1n) is 14.3. The highest BCUT2D eigenvalue weighted by Crippen LogP contribution is 2.38. The van der Waals surface area contributed by atoms with E-state index in [1.54, 1.807) is 0 Å². The largest absolute Gasteiger partial charge is 0.491 e. The van der Waals surface area contributed by atoms with Crippen LogP contribution in [0.15, 0.2) is 48.7 Å². The summed E-state index contributed by atoms with van der Waals surface area (Å²) in [5.41, 5.74) is 8.53. The van der Waals surface area contributed by atoms with E-state index in [1.165, 1.54) is 48.9 Å². The van der Waals surface area contributed by atoms with Crippen LogP contribution in [0.5, 0.6) is 5.75 Å². The molecule has 0 saturated carbocycles. The van der Waals surface area contributed by atoms with Gasteiger partial charge in [0.15, 0.2) is 5.65 Å². The summed E-state index contributed by atoms with van der Waals surface area (Å²) in [6.45, 7) is 7.07. The van der Waals surface area contributed by atoms with Gasteiger partial charge in [0, 0.05) is 34.3 Å².